The highest BCUT2D eigenvalue weighted by Gasteiger charge is 2.14. The van der Waals surface area contributed by atoms with Crippen LogP contribution < -0.4 is 0 Å². The van der Waals surface area contributed by atoms with Gasteiger partial charge in [-0.2, -0.15) is 0 Å². The fraction of sp³-hybridized carbons (Fsp3) is 0.0625. The molecule has 8 heteroatoms. The van der Waals surface area contributed by atoms with Crippen molar-refractivity contribution in [1.82, 2.24) is 0 Å². The van der Waals surface area contributed by atoms with Crippen molar-refractivity contribution in [3.8, 4) is 5.75 Å². The molecule has 0 atom stereocenters. The summed E-state index contributed by atoms with van der Waals surface area (Å²) in [5, 5.41) is 37.9. The van der Waals surface area contributed by atoms with Crippen LogP contribution in [0.25, 0.3) is 5.76 Å². The van der Waals surface area contributed by atoms with Crippen LogP contribution in [0.1, 0.15) is 12.5 Å². The summed E-state index contributed by atoms with van der Waals surface area (Å²) in [4.78, 5) is 21.6. The molecule has 0 saturated heterocycles. The maximum absolute atomic E-state index is 11.7. The summed E-state index contributed by atoms with van der Waals surface area (Å²) in [6.45, 7) is 1.21. The van der Waals surface area contributed by atoms with Gasteiger partial charge in [-0.1, -0.05) is 30.3 Å². The third-order valence-corrected chi connectivity index (χ3v) is 3.03. The number of nitro groups is 1. The van der Waals surface area contributed by atoms with Crippen molar-refractivity contribution in [3.63, 3.8) is 0 Å². The molecule has 0 spiro atoms. The van der Waals surface area contributed by atoms with Crippen LogP contribution >= 0.6 is 0 Å². The molecule has 0 heterocycles. The van der Waals surface area contributed by atoms with E-state index >= 15 is 0 Å². The average molecular weight is 327 g/mol. The fourth-order valence-electron chi connectivity index (χ4n) is 1.83. The van der Waals surface area contributed by atoms with Crippen LogP contribution in [0, 0.1) is 10.1 Å². The van der Waals surface area contributed by atoms with Crippen LogP contribution in [-0.2, 0) is 4.79 Å². The molecule has 2 rings (SSSR count). The molecule has 0 saturated carbocycles. The number of Topliss-reactive ketones (excluding diaryl/α,β-unsaturated/α-hetero) is 1. The van der Waals surface area contributed by atoms with E-state index < -0.39 is 16.5 Å². The molecule has 0 aliphatic heterocycles. The van der Waals surface area contributed by atoms with E-state index in [9.17, 15) is 25.1 Å². The third kappa shape index (κ3) is 3.80. The number of non-ortho nitro benzene ring substituents is 1. The lowest BCUT2D eigenvalue weighted by molar-refractivity contribution is -0.384. The summed E-state index contributed by atoms with van der Waals surface area (Å²) < 4.78 is 0. The van der Waals surface area contributed by atoms with Crippen molar-refractivity contribution in [2.75, 3.05) is 0 Å². The Morgan fingerprint density at radius 3 is 2.38 bits per heavy atom. The zero-order chi connectivity index (χ0) is 17.7. The molecule has 2 aromatic rings. The standard InChI is InChI=1S/C16H13N3O5/c1-10(20)15(16(22)11-5-3-2-4-6-11)18-17-13-8-7-12(19(23)24)9-14(13)21/h2-9,21-22H,1H3/b16-15+,18-17?. The zero-order valence-corrected chi connectivity index (χ0v) is 12.6. The number of azo groups is 1. The van der Waals surface area contributed by atoms with Gasteiger partial charge < -0.3 is 10.2 Å². The van der Waals surface area contributed by atoms with Crippen molar-refractivity contribution in [2.45, 2.75) is 6.92 Å². The summed E-state index contributed by atoms with van der Waals surface area (Å²) in [5.74, 6) is -1.34. The molecule has 0 aliphatic rings. The van der Waals surface area contributed by atoms with E-state index in [1.165, 1.54) is 13.0 Å². The normalized spacial score (nSPS) is 12.0. The van der Waals surface area contributed by atoms with Crippen molar-refractivity contribution >= 4 is 22.9 Å². The summed E-state index contributed by atoms with van der Waals surface area (Å²) in [6.07, 6.45) is 0. The number of phenolic OH excluding ortho intramolecular Hbond substituents is 1. The van der Waals surface area contributed by atoms with Crippen molar-refractivity contribution < 1.29 is 19.9 Å². The number of nitro benzene ring substituents is 1. The Balaban J connectivity index is 2.40. The number of allylic oxidation sites excluding steroid dienone is 1. The minimum absolute atomic E-state index is 0.0692. The summed E-state index contributed by atoms with van der Waals surface area (Å²) in [7, 11) is 0. The summed E-state index contributed by atoms with van der Waals surface area (Å²) in [6, 6.07) is 11.6. The molecule has 0 fully saturated rings. The van der Waals surface area contributed by atoms with Gasteiger partial charge in [-0.15, -0.1) is 10.2 Å². The number of aliphatic hydroxyl groups excluding tert-OH is 1. The molecule has 0 bridgehead atoms. The molecule has 2 aromatic carbocycles. The number of carbonyl (C=O) groups is 1. The van der Waals surface area contributed by atoms with E-state index in [2.05, 4.69) is 10.2 Å². The Morgan fingerprint density at radius 2 is 1.83 bits per heavy atom. The number of hydrogen-bond donors (Lipinski definition) is 2. The molecule has 0 unspecified atom stereocenters. The van der Waals surface area contributed by atoms with Gasteiger partial charge in [0.15, 0.2) is 17.2 Å². The largest absolute Gasteiger partial charge is 0.505 e. The number of nitrogens with zero attached hydrogens (tertiary/aromatic N) is 3. The van der Waals surface area contributed by atoms with Crippen LogP contribution in [0.4, 0.5) is 11.4 Å². The van der Waals surface area contributed by atoms with Crippen LogP contribution in [0.5, 0.6) is 5.75 Å². The number of hydrogen-bond acceptors (Lipinski definition) is 7. The molecule has 2 N–H and O–H groups in total. The van der Waals surface area contributed by atoms with Gasteiger partial charge in [0, 0.05) is 18.6 Å². The summed E-state index contributed by atoms with van der Waals surface area (Å²) in [5.41, 5.74) is -0.283. The number of aromatic hydroxyl groups is 1. The Hall–Kier alpha value is -3.55. The second-order valence-electron chi connectivity index (χ2n) is 4.75. The Kier molecular flexibility index (Phi) is 5.00. The number of carbonyl (C=O) groups excluding carboxylic acids is 1. The highest BCUT2D eigenvalue weighted by Crippen LogP contribution is 2.31. The van der Waals surface area contributed by atoms with Gasteiger partial charge in [0.05, 0.1) is 11.0 Å². The predicted molar refractivity (Wildman–Crippen MR) is 85.9 cm³/mol. The van der Waals surface area contributed by atoms with E-state index in [-0.39, 0.29) is 22.8 Å². The van der Waals surface area contributed by atoms with Crippen LogP contribution in [0.15, 0.2) is 64.5 Å². The average Bonchev–Trinajstić information content (AvgIpc) is 2.56. The highest BCUT2D eigenvalue weighted by atomic mass is 16.6. The third-order valence-electron chi connectivity index (χ3n) is 3.03. The molecule has 0 aromatic heterocycles. The maximum atomic E-state index is 11.7. The van der Waals surface area contributed by atoms with Gasteiger partial charge in [-0.3, -0.25) is 14.9 Å². The second kappa shape index (κ2) is 7.14. The predicted octanol–water partition coefficient (Wildman–Crippen LogP) is 3.90. The minimum atomic E-state index is -0.664. The molecular formula is C16H13N3O5. The quantitative estimate of drug-likeness (QED) is 0.283. The monoisotopic (exact) mass is 327 g/mol. The number of ketones is 1. The maximum Gasteiger partial charge on any atom is 0.273 e. The van der Waals surface area contributed by atoms with Crippen molar-refractivity contribution in [3.05, 3.63) is 69.9 Å². The van der Waals surface area contributed by atoms with E-state index in [1.54, 1.807) is 30.3 Å². The fourth-order valence-corrected chi connectivity index (χ4v) is 1.83. The van der Waals surface area contributed by atoms with Gasteiger partial charge in [0.2, 0.25) is 0 Å². The molecular weight excluding hydrogens is 314 g/mol. The Labute approximate surface area is 136 Å². The van der Waals surface area contributed by atoms with Gasteiger partial charge in [0.25, 0.3) is 5.69 Å². The molecule has 122 valence electrons. The van der Waals surface area contributed by atoms with E-state index in [0.717, 1.165) is 12.1 Å². The first-order valence-corrected chi connectivity index (χ1v) is 6.79. The number of aliphatic hydroxyl groups is 1. The molecule has 0 radical (unpaired) electrons. The van der Waals surface area contributed by atoms with Crippen molar-refractivity contribution in [1.29, 1.82) is 0 Å². The zero-order valence-electron chi connectivity index (χ0n) is 12.6. The first-order chi connectivity index (χ1) is 11.4. The van der Waals surface area contributed by atoms with Crippen LogP contribution in [0.2, 0.25) is 0 Å². The SMILES string of the molecule is CC(=O)/C(N=Nc1ccc([N+](=O)[O-])cc1O)=C(\O)c1ccccc1. The smallest absolute Gasteiger partial charge is 0.273 e. The van der Waals surface area contributed by atoms with E-state index in [4.69, 9.17) is 0 Å². The first kappa shape index (κ1) is 16.8. The number of rotatable bonds is 5. The number of phenols is 1. The van der Waals surface area contributed by atoms with Gasteiger partial charge in [-0.25, -0.2) is 0 Å². The first-order valence-electron chi connectivity index (χ1n) is 6.79. The lowest BCUT2D eigenvalue weighted by Crippen LogP contribution is -1.98. The highest BCUT2D eigenvalue weighted by molar-refractivity contribution is 5.99. The van der Waals surface area contributed by atoms with Gasteiger partial charge in [0.1, 0.15) is 11.4 Å². The van der Waals surface area contributed by atoms with Crippen LogP contribution in [0.3, 0.4) is 0 Å². The van der Waals surface area contributed by atoms with Gasteiger partial charge in [-0.05, 0) is 6.07 Å². The molecule has 0 amide bonds. The molecule has 24 heavy (non-hydrogen) atoms. The summed E-state index contributed by atoms with van der Waals surface area (Å²) >= 11 is 0. The lowest BCUT2D eigenvalue weighted by Gasteiger charge is -2.03. The second-order valence-corrected chi connectivity index (χ2v) is 4.75. The van der Waals surface area contributed by atoms with Crippen LogP contribution in [-0.4, -0.2) is 20.9 Å². The molecule has 8 nitrogen and oxygen atoms in total. The van der Waals surface area contributed by atoms with Gasteiger partial charge >= 0.3 is 0 Å². The molecule has 0 aliphatic carbocycles. The number of benzene rings is 2. The van der Waals surface area contributed by atoms with E-state index in [1.807, 2.05) is 0 Å². The Morgan fingerprint density at radius 1 is 1.17 bits per heavy atom. The Bertz CT molecular complexity index is 844. The topological polar surface area (TPSA) is 125 Å². The minimum Gasteiger partial charge on any atom is -0.505 e. The van der Waals surface area contributed by atoms with Crippen molar-refractivity contribution in [2.24, 2.45) is 10.2 Å². The lowest BCUT2D eigenvalue weighted by atomic mass is 10.1. The van der Waals surface area contributed by atoms with E-state index in [0.29, 0.717) is 5.56 Å².